The Bertz CT molecular complexity index is 528. The summed E-state index contributed by atoms with van der Waals surface area (Å²) in [5.74, 6) is -0.921. The van der Waals surface area contributed by atoms with Gasteiger partial charge in [0.2, 0.25) is 0 Å². The van der Waals surface area contributed by atoms with Crippen LogP contribution in [0.3, 0.4) is 0 Å². The Morgan fingerprint density at radius 2 is 2.20 bits per heavy atom. The van der Waals surface area contributed by atoms with Gasteiger partial charge in [0.25, 0.3) is 0 Å². The van der Waals surface area contributed by atoms with Gasteiger partial charge in [0, 0.05) is 18.8 Å². The molecular formula is C15H18N2O3. The number of benzene rings is 1. The maximum absolute atomic E-state index is 10.5. The van der Waals surface area contributed by atoms with E-state index in [1.54, 1.807) is 0 Å². The molecule has 2 rings (SSSR count). The Morgan fingerprint density at radius 3 is 2.75 bits per heavy atom. The first-order valence-corrected chi connectivity index (χ1v) is 6.69. The topological polar surface area (TPSA) is 73.6 Å². The van der Waals surface area contributed by atoms with E-state index < -0.39 is 5.97 Å². The van der Waals surface area contributed by atoms with Crippen molar-refractivity contribution in [3.63, 3.8) is 0 Å². The zero-order valence-corrected chi connectivity index (χ0v) is 11.5. The van der Waals surface area contributed by atoms with Gasteiger partial charge in [0.15, 0.2) is 0 Å². The second-order valence-corrected chi connectivity index (χ2v) is 5.00. The average molecular weight is 274 g/mol. The van der Waals surface area contributed by atoms with E-state index in [9.17, 15) is 4.79 Å². The fraction of sp³-hybridized carbons (Fsp3) is 0.467. The number of carbonyl (C=O) groups is 1. The highest BCUT2D eigenvalue weighted by atomic mass is 16.5. The Morgan fingerprint density at radius 1 is 1.50 bits per heavy atom. The van der Waals surface area contributed by atoms with Crippen LogP contribution in [0.5, 0.6) is 0 Å². The van der Waals surface area contributed by atoms with E-state index >= 15 is 0 Å². The number of anilines is 1. The summed E-state index contributed by atoms with van der Waals surface area (Å²) in [6.07, 6.45) is 1.68. The molecule has 1 aliphatic rings. The Balaban J connectivity index is 1.92. The Hall–Kier alpha value is -2.06. The summed E-state index contributed by atoms with van der Waals surface area (Å²) in [4.78, 5) is 12.7. The minimum absolute atomic E-state index is 0.0295. The number of nitriles is 1. The first-order valence-electron chi connectivity index (χ1n) is 6.69. The van der Waals surface area contributed by atoms with E-state index in [0.717, 1.165) is 37.2 Å². The van der Waals surface area contributed by atoms with Crippen molar-refractivity contribution >= 4 is 11.7 Å². The number of hydrogen-bond acceptors (Lipinski definition) is 4. The number of aryl methyl sites for hydroxylation is 1. The predicted molar refractivity (Wildman–Crippen MR) is 74.7 cm³/mol. The van der Waals surface area contributed by atoms with Crippen LogP contribution in [0.15, 0.2) is 18.2 Å². The van der Waals surface area contributed by atoms with Gasteiger partial charge in [-0.2, -0.15) is 5.26 Å². The summed E-state index contributed by atoms with van der Waals surface area (Å²) >= 11 is 0. The molecule has 106 valence electrons. The van der Waals surface area contributed by atoms with Gasteiger partial charge >= 0.3 is 5.97 Å². The highest BCUT2D eigenvalue weighted by Crippen LogP contribution is 2.23. The minimum atomic E-state index is -0.921. The molecule has 1 fully saturated rings. The fourth-order valence-corrected chi connectivity index (χ4v) is 2.44. The molecule has 5 heteroatoms. The molecular weight excluding hydrogens is 256 g/mol. The third kappa shape index (κ3) is 3.49. The van der Waals surface area contributed by atoms with Crippen LogP contribution in [0.1, 0.15) is 24.0 Å². The lowest BCUT2D eigenvalue weighted by molar-refractivity contribution is -0.144. The maximum Gasteiger partial charge on any atom is 0.329 e. The van der Waals surface area contributed by atoms with Crippen LogP contribution in [-0.4, -0.2) is 36.9 Å². The standard InChI is InChI=1S/C15H18N2O3/c1-11-8-13(3-2-12(11)9-16)17-6-4-14(5-7-17)20-10-15(18)19/h2-3,8,14H,4-7,10H2,1H3,(H,18,19). The molecule has 0 amide bonds. The van der Waals surface area contributed by atoms with E-state index in [1.165, 1.54) is 0 Å². The van der Waals surface area contributed by atoms with Gasteiger partial charge < -0.3 is 14.7 Å². The predicted octanol–water partition coefficient (Wildman–Crippen LogP) is 1.94. The van der Waals surface area contributed by atoms with Gasteiger partial charge in [-0.3, -0.25) is 0 Å². The first kappa shape index (κ1) is 14.4. The van der Waals surface area contributed by atoms with Crippen molar-refractivity contribution in [2.45, 2.75) is 25.9 Å². The molecule has 1 aliphatic heterocycles. The van der Waals surface area contributed by atoms with Crippen LogP contribution in [-0.2, 0) is 9.53 Å². The molecule has 5 nitrogen and oxygen atoms in total. The number of carboxylic acids is 1. The highest BCUT2D eigenvalue weighted by molar-refractivity contribution is 5.68. The Kier molecular flexibility index (Phi) is 4.59. The second kappa shape index (κ2) is 6.40. The summed E-state index contributed by atoms with van der Waals surface area (Å²) in [6, 6.07) is 8.00. The monoisotopic (exact) mass is 274 g/mol. The fourth-order valence-electron chi connectivity index (χ4n) is 2.44. The normalized spacial score (nSPS) is 15.9. The highest BCUT2D eigenvalue weighted by Gasteiger charge is 2.20. The number of hydrogen-bond donors (Lipinski definition) is 1. The van der Waals surface area contributed by atoms with Crippen LogP contribution in [0.25, 0.3) is 0 Å². The van der Waals surface area contributed by atoms with Crippen molar-refractivity contribution in [2.75, 3.05) is 24.6 Å². The zero-order chi connectivity index (χ0) is 14.5. The minimum Gasteiger partial charge on any atom is -0.480 e. The summed E-state index contributed by atoms with van der Waals surface area (Å²) in [7, 11) is 0. The van der Waals surface area contributed by atoms with E-state index in [-0.39, 0.29) is 12.7 Å². The molecule has 1 aromatic carbocycles. The van der Waals surface area contributed by atoms with E-state index in [1.807, 2.05) is 25.1 Å². The molecule has 1 heterocycles. The molecule has 0 saturated carbocycles. The van der Waals surface area contributed by atoms with E-state index in [0.29, 0.717) is 5.56 Å². The molecule has 0 bridgehead atoms. The molecule has 0 aliphatic carbocycles. The van der Waals surface area contributed by atoms with Crippen LogP contribution in [0.2, 0.25) is 0 Å². The molecule has 1 N–H and O–H groups in total. The zero-order valence-electron chi connectivity index (χ0n) is 11.5. The quantitative estimate of drug-likeness (QED) is 0.908. The summed E-state index contributed by atoms with van der Waals surface area (Å²) < 4.78 is 5.32. The van der Waals surface area contributed by atoms with E-state index in [2.05, 4.69) is 11.0 Å². The first-order chi connectivity index (χ1) is 9.60. The third-order valence-electron chi connectivity index (χ3n) is 3.58. The van der Waals surface area contributed by atoms with Crippen molar-refractivity contribution in [1.82, 2.24) is 0 Å². The molecule has 1 aromatic rings. The van der Waals surface area contributed by atoms with Crippen molar-refractivity contribution < 1.29 is 14.6 Å². The summed E-state index contributed by atoms with van der Waals surface area (Å²) in [6.45, 7) is 3.40. The number of nitrogens with zero attached hydrogens (tertiary/aromatic N) is 2. The van der Waals surface area contributed by atoms with Gasteiger partial charge in [-0.15, -0.1) is 0 Å². The lowest BCUT2D eigenvalue weighted by Gasteiger charge is -2.33. The maximum atomic E-state index is 10.5. The third-order valence-corrected chi connectivity index (χ3v) is 3.58. The van der Waals surface area contributed by atoms with E-state index in [4.69, 9.17) is 15.1 Å². The van der Waals surface area contributed by atoms with Crippen molar-refractivity contribution in [1.29, 1.82) is 5.26 Å². The van der Waals surface area contributed by atoms with Crippen molar-refractivity contribution in [3.05, 3.63) is 29.3 Å². The molecule has 0 aromatic heterocycles. The molecule has 0 spiro atoms. The molecule has 0 unspecified atom stereocenters. The van der Waals surface area contributed by atoms with Gasteiger partial charge in [-0.25, -0.2) is 4.79 Å². The smallest absolute Gasteiger partial charge is 0.329 e. The number of carboxylic acid groups (broad SMARTS) is 1. The summed E-state index contributed by atoms with van der Waals surface area (Å²) in [5.41, 5.74) is 2.79. The molecule has 1 saturated heterocycles. The Labute approximate surface area is 118 Å². The number of aliphatic carboxylic acids is 1. The summed E-state index contributed by atoms with van der Waals surface area (Å²) in [5, 5.41) is 17.5. The number of ether oxygens (including phenoxy) is 1. The number of piperidine rings is 1. The van der Waals surface area contributed by atoms with Crippen LogP contribution in [0.4, 0.5) is 5.69 Å². The molecule has 20 heavy (non-hydrogen) atoms. The van der Waals surface area contributed by atoms with Crippen LogP contribution >= 0.6 is 0 Å². The molecule has 0 radical (unpaired) electrons. The van der Waals surface area contributed by atoms with Crippen molar-refractivity contribution in [3.8, 4) is 6.07 Å². The lowest BCUT2D eigenvalue weighted by Crippen LogP contribution is -2.37. The lowest BCUT2D eigenvalue weighted by atomic mass is 10.0. The number of rotatable bonds is 4. The molecule has 0 atom stereocenters. The second-order valence-electron chi connectivity index (χ2n) is 5.00. The van der Waals surface area contributed by atoms with Crippen LogP contribution < -0.4 is 4.90 Å². The SMILES string of the molecule is Cc1cc(N2CCC(OCC(=O)O)CC2)ccc1C#N. The largest absolute Gasteiger partial charge is 0.480 e. The van der Waals surface area contributed by atoms with Gasteiger partial charge in [0.05, 0.1) is 17.7 Å². The van der Waals surface area contributed by atoms with Crippen LogP contribution in [0, 0.1) is 18.3 Å². The van der Waals surface area contributed by atoms with Gasteiger partial charge in [-0.05, 0) is 43.5 Å². The average Bonchev–Trinajstić information content (AvgIpc) is 2.45. The van der Waals surface area contributed by atoms with Crippen molar-refractivity contribution in [2.24, 2.45) is 0 Å². The van der Waals surface area contributed by atoms with Gasteiger partial charge in [-0.1, -0.05) is 0 Å². The van der Waals surface area contributed by atoms with Gasteiger partial charge in [0.1, 0.15) is 6.61 Å².